The Morgan fingerprint density at radius 1 is 0.404 bits per heavy atom. The van der Waals surface area contributed by atoms with E-state index < -0.39 is 0 Å². The number of nitrogens with zero attached hydrogens (tertiary/aromatic N) is 2. The van der Waals surface area contributed by atoms with Gasteiger partial charge in [-0.05, 0) is 75.8 Å². The summed E-state index contributed by atoms with van der Waals surface area (Å²) in [6.07, 6.45) is 0. The molecule has 0 spiro atoms. The van der Waals surface area contributed by atoms with Crippen LogP contribution in [0.25, 0.3) is 77.2 Å². The van der Waals surface area contributed by atoms with E-state index in [4.69, 9.17) is 0 Å². The molecule has 0 saturated heterocycles. The van der Waals surface area contributed by atoms with Gasteiger partial charge >= 0.3 is 0 Å². The Labute approximate surface area is 273 Å². The van der Waals surface area contributed by atoms with Crippen LogP contribution in [-0.2, 0) is 5.41 Å². The lowest BCUT2D eigenvalue weighted by Crippen LogP contribution is -2.18. The van der Waals surface area contributed by atoms with Gasteiger partial charge in [0, 0.05) is 32.6 Å². The van der Waals surface area contributed by atoms with Gasteiger partial charge in [0.25, 0.3) is 0 Å². The van der Waals surface area contributed by atoms with Gasteiger partial charge in [0.05, 0.1) is 27.8 Å². The molecule has 47 heavy (non-hydrogen) atoms. The topological polar surface area (TPSA) is 9.86 Å². The third-order valence-electron chi connectivity index (χ3n) is 10.5. The van der Waals surface area contributed by atoms with Crippen molar-refractivity contribution in [3.05, 3.63) is 169 Å². The molecule has 0 bridgehead atoms. The second kappa shape index (κ2) is 9.57. The molecule has 0 unspecified atom stereocenters. The fraction of sp³-hybridized carbons (Fsp3) is 0.0667. The number of hydrogen-bond donors (Lipinski definition) is 0. The lowest BCUT2D eigenvalue weighted by atomic mass is 9.81. The van der Waals surface area contributed by atoms with Crippen molar-refractivity contribution >= 4 is 43.6 Å². The third kappa shape index (κ3) is 3.61. The lowest BCUT2D eigenvalue weighted by Gasteiger charge is -2.25. The molecule has 0 N–H and O–H groups in total. The van der Waals surface area contributed by atoms with Crippen LogP contribution in [0.1, 0.15) is 25.0 Å². The van der Waals surface area contributed by atoms with E-state index in [0.29, 0.717) is 0 Å². The van der Waals surface area contributed by atoms with E-state index in [2.05, 4.69) is 181 Å². The van der Waals surface area contributed by atoms with E-state index in [1.165, 1.54) is 88.4 Å². The van der Waals surface area contributed by atoms with Crippen molar-refractivity contribution in [2.75, 3.05) is 0 Å². The van der Waals surface area contributed by atoms with Gasteiger partial charge in [-0.15, -0.1) is 0 Å². The summed E-state index contributed by atoms with van der Waals surface area (Å²) in [7, 11) is 0. The average Bonchev–Trinajstić information content (AvgIpc) is 3.71. The molecular weight excluding hydrogens is 569 g/mol. The molecule has 0 saturated carbocycles. The third-order valence-corrected chi connectivity index (χ3v) is 10.5. The van der Waals surface area contributed by atoms with Gasteiger partial charge in [-0.25, -0.2) is 0 Å². The summed E-state index contributed by atoms with van der Waals surface area (Å²) in [4.78, 5) is 0. The zero-order valence-electron chi connectivity index (χ0n) is 26.4. The molecule has 1 aliphatic rings. The fourth-order valence-electron chi connectivity index (χ4n) is 8.43. The summed E-state index contributed by atoms with van der Waals surface area (Å²) >= 11 is 0. The lowest BCUT2D eigenvalue weighted by molar-refractivity contribution is 0.656. The number of rotatable bonds is 3. The summed E-state index contributed by atoms with van der Waals surface area (Å²) in [5, 5.41) is 5.06. The molecule has 0 aliphatic heterocycles. The molecule has 0 atom stereocenters. The zero-order valence-corrected chi connectivity index (χ0v) is 26.4. The van der Waals surface area contributed by atoms with Crippen molar-refractivity contribution in [1.82, 2.24) is 9.13 Å². The van der Waals surface area contributed by atoms with Gasteiger partial charge in [0.15, 0.2) is 0 Å². The molecule has 0 amide bonds. The first-order valence-electron chi connectivity index (χ1n) is 16.5. The molecule has 2 heterocycles. The van der Waals surface area contributed by atoms with Crippen molar-refractivity contribution in [1.29, 1.82) is 0 Å². The SMILES string of the molecule is CC1(C)c2ccccc2-c2cccc(-n3c4ccccc4c4cc5c(cc43)c3ccccc3n5-c3cccc(-c4ccccc4)c3)c21. The molecule has 2 heteroatoms. The molecule has 1 aliphatic carbocycles. The van der Waals surface area contributed by atoms with Crippen LogP contribution in [0.3, 0.4) is 0 Å². The Balaban J connectivity index is 1.30. The average molecular weight is 601 g/mol. The van der Waals surface area contributed by atoms with Crippen molar-refractivity contribution in [3.63, 3.8) is 0 Å². The van der Waals surface area contributed by atoms with E-state index in [9.17, 15) is 0 Å². The van der Waals surface area contributed by atoms with E-state index in [-0.39, 0.29) is 5.41 Å². The van der Waals surface area contributed by atoms with Crippen LogP contribution in [0.2, 0.25) is 0 Å². The van der Waals surface area contributed by atoms with Crippen LogP contribution in [0.4, 0.5) is 0 Å². The Morgan fingerprint density at radius 3 is 1.74 bits per heavy atom. The highest BCUT2D eigenvalue weighted by molar-refractivity contribution is 6.19. The molecule has 0 radical (unpaired) electrons. The fourth-order valence-corrected chi connectivity index (χ4v) is 8.43. The summed E-state index contributed by atoms with van der Waals surface area (Å²) in [5.41, 5.74) is 15.1. The molecule has 0 fully saturated rings. The molecule has 9 aromatic rings. The first-order chi connectivity index (χ1) is 23.1. The standard InChI is InChI=1S/C45H32N2/c1-45(2)38-22-9-6-18-32(38)35-21-13-25-41(44(35)45)47-40-24-11-8-20-34(40)37-27-42-36(28-43(37)47)33-19-7-10-23-39(33)46(42)31-17-12-16-30(26-31)29-14-4-3-5-15-29/h3-28H,1-2H3. The minimum atomic E-state index is -0.121. The predicted octanol–water partition coefficient (Wildman–Crippen LogP) is 11.9. The maximum absolute atomic E-state index is 2.53. The summed E-state index contributed by atoms with van der Waals surface area (Å²) < 4.78 is 4.97. The van der Waals surface area contributed by atoms with Gasteiger partial charge < -0.3 is 9.13 Å². The summed E-state index contributed by atoms with van der Waals surface area (Å²) in [5.74, 6) is 0. The van der Waals surface area contributed by atoms with E-state index in [1.54, 1.807) is 0 Å². The maximum atomic E-state index is 2.53. The van der Waals surface area contributed by atoms with Gasteiger partial charge in [-0.1, -0.05) is 129 Å². The zero-order chi connectivity index (χ0) is 31.3. The van der Waals surface area contributed by atoms with Crippen molar-refractivity contribution in [2.24, 2.45) is 0 Å². The van der Waals surface area contributed by atoms with Crippen LogP contribution < -0.4 is 0 Å². The minimum Gasteiger partial charge on any atom is -0.309 e. The largest absolute Gasteiger partial charge is 0.309 e. The Kier molecular flexibility index (Phi) is 5.37. The first kappa shape index (κ1) is 26.4. The van der Waals surface area contributed by atoms with Crippen LogP contribution in [0.15, 0.2) is 158 Å². The highest BCUT2D eigenvalue weighted by atomic mass is 15.0. The van der Waals surface area contributed by atoms with Crippen molar-refractivity contribution in [2.45, 2.75) is 19.3 Å². The number of aromatic nitrogens is 2. The van der Waals surface area contributed by atoms with E-state index >= 15 is 0 Å². The Bertz CT molecular complexity index is 2700. The Morgan fingerprint density at radius 2 is 0.979 bits per heavy atom. The molecule has 10 rings (SSSR count). The highest BCUT2D eigenvalue weighted by Gasteiger charge is 2.38. The number of para-hydroxylation sites is 2. The van der Waals surface area contributed by atoms with Gasteiger partial charge in [0.2, 0.25) is 0 Å². The summed E-state index contributed by atoms with van der Waals surface area (Å²) in [6.45, 7) is 4.76. The monoisotopic (exact) mass is 600 g/mol. The highest BCUT2D eigenvalue weighted by Crippen LogP contribution is 2.52. The molecular formula is C45H32N2. The van der Waals surface area contributed by atoms with Crippen LogP contribution >= 0.6 is 0 Å². The summed E-state index contributed by atoms with van der Waals surface area (Å²) in [6, 6.07) is 58.0. The van der Waals surface area contributed by atoms with Crippen LogP contribution in [0, 0.1) is 0 Å². The second-order valence-electron chi connectivity index (χ2n) is 13.4. The van der Waals surface area contributed by atoms with Crippen molar-refractivity contribution < 1.29 is 0 Å². The first-order valence-corrected chi connectivity index (χ1v) is 16.5. The molecule has 222 valence electrons. The number of benzene rings is 7. The van der Waals surface area contributed by atoms with E-state index in [0.717, 1.165) is 0 Å². The maximum Gasteiger partial charge on any atom is 0.0548 e. The van der Waals surface area contributed by atoms with E-state index in [1.807, 2.05) is 0 Å². The number of hydrogen-bond acceptors (Lipinski definition) is 0. The molecule has 2 nitrogen and oxygen atoms in total. The van der Waals surface area contributed by atoms with Crippen LogP contribution in [-0.4, -0.2) is 9.13 Å². The van der Waals surface area contributed by atoms with Crippen LogP contribution in [0.5, 0.6) is 0 Å². The predicted molar refractivity (Wildman–Crippen MR) is 198 cm³/mol. The van der Waals surface area contributed by atoms with Crippen molar-refractivity contribution in [3.8, 4) is 33.6 Å². The normalized spacial score (nSPS) is 13.5. The smallest absolute Gasteiger partial charge is 0.0548 e. The second-order valence-corrected chi connectivity index (χ2v) is 13.4. The Hall–Kier alpha value is -5.86. The quantitative estimate of drug-likeness (QED) is 0.191. The number of fused-ring (bicyclic) bond motifs is 9. The van der Waals surface area contributed by atoms with Gasteiger partial charge in [-0.2, -0.15) is 0 Å². The minimum absolute atomic E-state index is 0.121. The van der Waals surface area contributed by atoms with Gasteiger partial charge in [-0.3, -0.25) is 0 Å². The molecule has 7 aromatic carbocycles. The van der Waals surface area contributed by atoms with Gasteiger partial charge in [0.1, 0.15) is 0 Å². The molecule has 2 aromatic heterocycles.